The van der Waals surface area contributed by atoms with E-state index >= 15 is 0 Å². The normalized spacial score (nSPS) is 12.5. The van der Waals surface area contributed by atoms with E-state index in [9.17, 15) is 0 Å². The molecule has 0 radical (unpaired) electrons. The maximum Gasteiger partial charge on any atom is 0.192 e. The van der Waals surface area contributed by atoms with E-state index in [1.807, 2.05) is 0 Å². The maximum atomic E-state index is 6.04. The molecule has 0 aromatic rings. The third-order valence-corrected chi connectivity index (χ3v) is 8.76. The molecule has 156 valence electrons. The quantitative estimate of drug-likeness (QED) is 0.203. The molecule has 6 nitrogen and oxygen atoms in total. The molecule has 0 aromatic carbocycles. The number of ether oxygens (including phenoxy) is 5. The Hall–Kier alpha value is -0.283. The Morgan fingerprint density at radius 2 is 1.00 bits per heavy atom. The second-order valence-electron chi connectivity index (χ2n) is 7.42. The van der Waals surface area contributed by atoms with E-state index < -0.39 is 8.32 Å². The fourth-order valence-corrected chi connectivity index (χ4v) is 2.65. The van der Waals surface area contributed by atoms with Gasteiger partial charge in [-0.05, 0) is 18.1 Å². The Balaban J connectivity index is 3.22. The monoisotopic (exact) mass is 392 g/mol. The summed E-state index contributed by atoms with van der Waals surface area (Å²) in [7, 11) is -1.66. The van der Waals surface area contributed by atoms with Crippen molar-refractivity contribution in [3.05, 3.63) is 12.7 Å². The van der Waals surface area contributed by atoms with Gasteiger partial charge < -0.3 is 28.1 Å². The second kappa shape index (κ2) is 15.7. The lowest BCUT2D eigenvalue weighted by molar-refractivity contribution is -0.0115. The van der Waals surface area contributed by atoms with E-state index in [1.165, 1.54) is 0 Å². The highest BCUT2D eigenvalue weighted by molar-refractivity contribution is 6.74. The van der Waals surface area contributed by atoms with Crippen molar-refractivity contribution in [2.75, 3.05) is 72.7 Å². The lowest BCUT2D eigenvalue weighted by Crippen LogP contribution is -2.41. The largest absolute Gasteiger partial charge is 0.414 e. The van der Waals surface area contributed by atoms with Gasteiger partial charge in [-0.2, -0.15) is 0 Å². The molecule has 0 saturated heterocycles. The van der Waals surface area contributed by atoms with Crippen LogP contribution in [-0.4, -0.2) is 81.0 Å². The Labute approximate surface area is 161 Å². The van der Waals surface area contributed by atoms with Crippen molar-refractivity contribution >= 4 is 8.32 Å². The van der Waals surface area contributed by atoms with E-state index in [-0.39, 0.29) is 5.04 Å². The Morgan fingerprint density at radius 1 is 0.654 bits per heavy atom. The Kier molecular flexibility index (Phi) is 15.6. The summed E-state index contributed by atoms with van der Waals surface area (Å²) in [4.78, 5) is 0. The first kappa shape index (κ1) is 25.7. The predicted molar refractivity (Wildman–Crippen MR) is 107 cm³/mol. The molecule has 0 aliphatic rings. The fourth-order valence-electron chi connectivity index (χ4n) is 1.62. The Morgan fingerprint density at radius 3 is 1.35 bits per heavy atom. The zero-order valence-corrected chi connectivity index (χ0v) is 18.5. The summed E-state index contributed by atoms with van der Waals surface area (Å²) < 4.78 is 33.0. The van der Waals surface area contributed by atoms with Gasteiger partial charge in [0.1, 0.15) is 0 Å². The first-order valence-electron chi connectivity index (χ1n) is 9.45. The van der Waals surface area contributed by atoms with Gasteiger partial charge in [0.15, 0.2) is 8.32 Å². The summed E-state index contributed by atoms with van der Waals surface area (Å²) in [6.07, 6.45) is 1.72. The van der Waals surface area contributed by atoms with Crippen LogP contribution in [-0.2, 0) is 28.1 Å². The summed E-state index contributed by atoms with van der Waals surface area (Å²) in [6.45, 7) is 21.2. The van der Waals surface area contributed by atoms with E-state index in [0.717, 1.165) is 0 Å². The SMILES string of the molecule is C=CCOCCOCCOCCOCCOCCO[Si](C)(C)C(C)(C)C. The maximum absolute atomic E-state index is 6.04. The van der Waals surface area contributed by atoms with Gasteiger partial charge in [0.05, 0.1) is 72.7 Å². The average molecular weight is 393 g/mol. The van der Waals surface area contributed by atoms with Crippen LogP contribution >= 0.6 is 0 Å². The highest BCUT2D eigenvalue weighted by Crippen LogP contribution is 2.36. The van der Waals surface area contributed by atoms with Gasteiger partial charge in [0, 0.05) is 0 Å². The van der Waals surface area contributed by atoms with Crippen LogP contribution in [0.2, 0.25) is 18.1 Å². The smallest absolute Gasteiger partial charge is 0.192 e. The van der Waals surface area contributed by atoms with Gasteiger partial charge >= 0.3 is 0 Å². The first-order chi connectivity index (χ1) is 12.3. The van der Waals surface area contributed by atoms with E-state index in [2.05, 4.69) is 40.4 Å². The van der Waals surface area contributed by atoms with Gasteiger partial charge in [-0.3, -0.25) is 0 Å². The predicted octanol–water partition coefficient (Wildman–Crippen LogP) is 3.28. The van der Waals surface area contributed by atoms with Crippen LogP contribution in [0.15, 0.2) is 12.7 Å². The Bertz CT molecular complexity index is 330. The van der Waals surface area contributed by atoms with Crippen molar-refractivity contribution in [3.8, 4) is 0 Å². The molecule has 0 bridgehead atoms. The standard InChI is InChI=1S/C19H40O6Si/c1-7-8-20-9-10-21-11-12-22-13-14-23-15-16-24-17-18-25-26(5,6)19(2,3)4/h7H,1,8-18H2,2-6H3. The van der Waals surface area contributed by atoms with Crippen molar-refractivity contribution in [3.63, 3.8) is 0 Å². The number of rotatable bonds is 18. The molecule has 26 heavy (non-hydrogen) atoms. The molecule has 0 saturated carbocycles. The third kappa shape index (κ3) is 14.8. The van der Waals surface area contributed by atoms with Crippen LogP contribution in [0.25, 0.3) is 0 Å². The molecular formula is C19H40O6Si. The first-order valence-corrected chi connectivity index (χ1v) is 12.4. The molecule has 0 unspecified atom stereocenters. The third-order valence-electron chi connectivity index (χ3n) is 4.22. The topological polar surface area (TPSA) is 55.4 Å². The van der Waals surface area contributed by atoms with E-state index in [4.69, 9.17) is 28.1 Å². The van der Waals surface area contributed by atoms with Crippen molar-refractivity contribution in [2.45, 2.75) is 38.9 Å². The van der Waals surface area contributed by atoms with Crippen LogP contribution in [0.5, 0.6) is 0 Å². The number of hydrogen-bond acceptors (Lipinski definition) is 6. The van der Waals surface area contributed by atoms with Crippen LogP contribution in [0.3, 0.4) is 0 Å². The molecule has 0 aliphatic heterocycles. The lowest BCUT2D eigenvalue weighted by atomic mass is 10.2. The highest BCUT2D eigenvalue weighted by atomic mass is 28.4. The average Bonchev–Trinajstić information content (AvgIpc) is 2.56. The summed E-state index contributed by atoms with van der Waals surface area (Å²) in [5.41, 5.74) is 0. The molecule has 0 N–H and O–H groups in total. The summed E-state index contributed by atoms with van der Waals surface area (Å²) in [5, 5.41) is 0.237. The van der Waals surface area contributed by atoms with Crippen LogP contribution in [0.4, 0.5) is 0 Å². The summed E-state index contributed by atoms with van der Waals surface area (Å²) in [6, 6.07) is 0. The van der Waals surface area contributed by atoms with E-state index in [0.29, 0.717) is 72.7 Å². The minimum absolute atomic E-state index is 0.237. The molecule has 0 spiro atoms. The van der Waals surface area contributed by atoms with Crippen molar-refractivity contribution in [1.29, 1.82) is 0 Å². The van der Waals surface area contributed by atoms with Crippen molar-refractivity contribution < 1.29 is 28.1 Å². The van der Waals surface area contributed by atoms with Crippen molar-refractivity contribution in [1.82, 2.24) is 0 Å². The minimum atomic E-state index is -1.66. The van der Waals surface area contributed by atoms with Gasteiger partial charge in [-0.25, -0.2) is 0 Å². The molecular weight excluding hydrogens is 352 g/mol. The molecule has 0 atom stereocenters. The zero-order chi connectivity index (χ0) is 19.7. The van der Waals surface area contributed by atoms with Gasteiger partial charge in [-0.1, -0.05) is 26.8 Å². The van der Waals surface area contributed by atoms with Crippen LogP contribution in [0, 0.1) is 0 Å². The molecule has 0 fully saturated rings. The van der Waals surface area contributed by atoms with Gasteiger partial charge in [0.2, 0.25) is 0 Å². The highest BCUT2D eigenvalue weighted by Gasteiger charge is 2.36. The van der Waals surface area contributed by atoms with Crippen LogP contribution in [0.1, 0.15) is 20.8 Å². The number of hydrogen-bond donors (Lipinski definition) is 0. The molecule has 7 heteroatoms. The van der Waals surface area contributed by atoms with Crippen molar-refractivity contribution in [2.24, 2.45) is 0 Å². The van der Waals surface area contributed by atoms with Crippen LogP contribution < -0.4 is 0 Å². The summed E-state index contributed by atoms with van der Waals surface area (Å²) in [5.74, 6) is 0. The second-order valence-corrected chi connectivity index (χ2v) is 12.2. The molecule has 0 rings (SSSR count). The lowest BCUT2D eigenvalue weighted by Gasteiger charge is -2.36. The van der Waals surface area contributed by atoms with Gasteiger partial charge in [0.25, 0.3) is 0 Å². The zero-order valence-electron chi connectivity index (χ0n) is 17.5. The molecule has 0 aromatic heterocycles. The fraction of sp³-hybridized carbons (Fsp3) is 0.895. The summed E-state index contributed by atoms with van der Waals surface area (Å²) >= 11 is 0. The molecule has 0 aliphatic carbocycles. The van der Waals surface area contributed by atoms with E-state index in [1.54, 1.807) is 6.08 Å². The van der Waals surface area contributed by atoms with Gasteiger partial charge in [-0.15, -0.1) is 6.58 Å². The molecule has 0 heterocycles. The molecule has 0 amide bonds. The minimum Gasteiger partial charge on any atom is -0.414 e.